The summed E-state index contributed by atoms with van der Waals surface area (Å²) in [4.78, 5) is 27.0. The van der Waals surface area contributed by atoms with E-state index in [4.69, 9.17) is 5.11 Å². The van der Waals surface area contributed by atoms with Crippen molar-refractivity contribution in [3.63, 3.8) is 0 Å². The van der Waals surface area contributed by atoms with Crippen LogP contribution in [0.4, 0.5) is 4.39 Å². The molecule has 0 saturated carbocycles. The Hall–Kier alpha value is -1.47. The van der Waals surface area contributed by atoms with Crippen molar-refractivity contribution < 1.29 is 19.1 Å². The Balaban J connectivity index is 1.99. The number of likely N-dealkylation sites (N-methyl/N-ethyl adjacent to an activating group) is 1. The minimum atomic E-state index is -0.839. The smallest absolute Gasteiger partial charge is 0.317 e. The van der Waals surface area contributed by atoms with E-state index in [0.717, 1.165) is 12.8 Å². The molecule has 0 unspecified atom stereocenters. The maximum absolute atomic E-state index is 13.4. The SMILES string of the molecule is CCN(CC(=O)O)C1CCN(C(=O)c2cc(F)ccc2Br)CC1. The quantitative estimate of drug-likeness (QED) is 0.844. The van der Waals surface area contributed by atoms with Crippen LogP contribution >= 0.6 is 15.9 Å². The number of amides is 1. The Morgan fingerprint density at radius 3 is 2.61 bits per heavy atom. The Bertz CT molecular complexity index is 589. The lowest BCUT2D eigenvalue weighted by molar-refractivity contribution is -0.139. The topological polar surface area (TPSA) is 60.9 Å². The average molecular weight is 387 g/mol. The fourth-order valence-corrected chi connectivity index (χ4v) is 3.35. The number of carbonyl (C=O) groups is 2. The van der Waals surface area contributed by atoms with Crippen molar-refractivity contribution in [1.82, 2.24) is 9.80 Å². The van der Waals surface area contributed by atoms with E-state index in [2.05, 4.69) is 15.9 Å². The Morgan fingerprint density at radius 2 is 2.04 bits per heavy atom. The maximum atomic E-state index is 13.4. The molecular weight excluding hydrogens is 367 g/mol. The number of carbonyl (C=O) groups excluding carboxylic acids is 1. The highest BCUT2D eigenvalue weighted by Gasteiger charge is 2.28. The summed E-state index contributed by atoms with van der Waals surface area (Å²) in [6.07, 6.45) is 1.44. The lowest BCUT2D eigenvalue weighted by Crippen LogP contribution is -2.48. The molecule has 1 aromatic rings. The summed E-state index contributed by atoms with van der Waals surface area (Å²) in [7, 11) is 0. The van der Waals surface area contributed by atoms with Crippen LogP contribution in [0.25, 0.3) is 0 Å². The molecule has 2 rings (SSSR count). The number of hydrogen-bond acceptors (Lipinski definition) is 3. The van der Waals surface area contributed by atoms with Crippen molar-refractivity contribution in [2.75, 3.05) is 26.2 Å². The first kappa shape index (κ1) is 17.9. The summed E-state index contributed by atoms with van der Waals surface area (Å²) in [5.41, 5.74) is 0.321. The third-order valence-electron chi connectivity index (χ3n) is 4.17. The zero-order chi connectivity index (χ0) is 17.0. The molecule has 1 fully saturated rings. The molecule has 1 aliphatic rings. The zero-order valence-electron chi connectivity index (χ0n) is 13.0. The molecule has 1 aliphatic heterocycles. The number of carboxylic acid groups (broad SMARTS) is 1. The van der Waals surface area contributed by atoms with Gasteiger partial charge in [0.05, 0.1) is 12.1 Å². The minimum absolute atomic E-state index is 0.0184. The highest BCUT2D eigenvalue weighted by molar-refractivity contribution is 9.10. The number of carboxylic acids is 1. The van der Waals surface area contributed by atoms with Crippen LogP contribution in [0.5, 0.6) is 0 Å². The summed E-state index contributed by atoms with van der Waals surface area (Å²) < 4.78 is 13.9. The zero-order valence-corrected chi connectivity index (χ0v) is 14.6. The molecule has 1 N–H and O–H groups in total. The van der Waals surface area contributed by atoms with Crippen molar-refractivity contribution in [1.29, 1.82) is 0 Å². The number of rotatable bonds is 5. The van der Waals surface area contributed by atoms with Gasteiger partial charge in [0.25, 0.3) is 5.91 Å². The number of halogens is 2. The summed E-state index contributed by atoms with van der Waals surface area (Å²) in [6, 6.07) is 4.23. The molecule has 1 aromatic carbocycles. The molecule has 0 spiro atoms. The van der Waals surface area contributed by atoms with Gasteiger partial charge in [0.15, 0.2) is 0 Å². The van der Waals surface area contributed by atoms with E-state index in [1.807, 2.05) is 11.8 Å². The molecule has 0 aromatic heterocycles. The van der Waals surface area contributed by atoms with Crippen LogP contribution in [-0.4, -0.2) is 59.0 Å². The van der Waals surface area contributed by atoms with E-state index in [1.54, 1.807) is 4.90 Å². The molecule has 0 aliphatic carbocycles. The Labute approximate surface area is 143 Å². The van der Waals surface area contributed by atoms with Crippen LogP contribution in [0.3, 0.4) is 0 Å². The van der Waals surface area contributed by atoms with Crippen molar-refractivity contribution >= 4 is 27.8 Å². The van der Waals surface area contributed by atoms with Crippen LogP contribution in [-0.2, 0) is 4.79 Å². The Kier molecular flexibility index (Phi) is 6.12. The normalized spacial score (nSPS) is 15.9. The van der Waals surface area contributed by atoms with Gasteiger partial charge in [-0.05, 0) is 53.5 Å². The first-order valence-electron chi connectivity index (χ1n) is 7.62. The monoisotopic (exact) mass is 386 g/mol. The third kappa shape index (κ3) is 4.51. The van der Waals surface area contributed by atoms with Crippen LogP contribution < -0.4 is 0 Å². The Morgan fingerprint density at radius 1 is 1.39 bits per heavy atom. The predicted octanol–water partition coefficient (Wildman–Crippen LogP) is 2.60. The van der Waals surface area contributed by atoms with E-state index < -0.39 is 11.8 Å². The van der Waals surface area contributed by atoms with Gasteiger partial charge >= 0.3 is 5.97 Å². The summed E-state index contributed by atoms with van der Waals surface area (Å²) >= 11 is 3.28. The van der Waals surface area contributed by atoms with Crippen molar-refractivity contribution in [2.24, 2.45) is 0 Å². The van der Waals surface area contributed by atoms with Gasteiger partial charge in [-0.15, -0.1) is 0 Å². The van der Waals surface area contributed by atoms with E-state index in [1.165, 1.54) is 18.2 Å². The largest absolute Gasteiger partial charge is 0.480 e. The van der Waals surface area contributed by atoms with Gasteiger partial charge in [-0.25, -0.2) is 4.39 Å². The second kappa shape index (κ2) is 7.88. The number of benzene rings is 1. The van der Waals surface area contributed by atoms with Gasteiger partial charge in [-0.2, -0.15) is 0 Å². The standard InChI is InChI=1S/C16H20BrFN2O3/c1-2-19(10-15(21)22)12-5-7-20(8-6-12)16(23)13-9-11(18)3-4-14(13)17/h3-4,9,12H,2,5-8,10H2,1H3,(H,21,22). The van der Waals surface area contributed by atoms with E-state index >= 15 is 0 Å². The lowest BCUT2D eigenvalue weighted by Gasteiger charge is -2.37. The highest BCUT2D eigenvalue weighted by Crippen LogP contribution is 2.23. The molecular formula is C16H20BrFN2O3. The number of likely N-dealkylation sites (tertiary alicyclic amines) is 1. The van der Waals surface area contributed by atoms with Gasteiger partial charge < -0.3 is 10.0 Å². The van der Waals surface area contributed by atoms with Crippen LogP contribution in [0, 0.1) is 5.82 Å². The molecule has 1 heterocycles. The van der Waals surface area contributed by atoms with Crippen LogP contribution in [0.2, 0.25) is 0 Å². The van der Waals surface area contributed by atoms with Crippen LogP contribution in [0.1, 0.15) is 30.1 Å². The molecule has 126 valence electrons. The molecule has 0 radical (unpaired) electrons. The van der Waals surface area contributed by atoms with Crippen LogP contribution in [0.15, 0.2) is 22.7 Å². The fraction of sp³-hybridized carbons (Fsp3) is 0.500. The number of hydrogen-bond donors (Lipinski definition) is 1. The molecule has 23 heavy (non-hydrogen) atoms. The van der Waals surface area contributed by atoms with E-state index in [-0.39, 0.29) is 18.5 Å². The number of nitrogens with zero attached hydrogens (tertiary/aromatic N) is 2. The van der Waals surface area contributed by atoms with E-state index in [0.29, 0.717) is 29.7 Å². The fourth-order valence-electron chi connectivity index (χ4n) is 2.94. The molecule has 0 atom stereocenters. The first-order valence-corrected chi connectivity index (χ1v) is 8.41. The first-order chi connectivity index (χ1) is 10.9. The van der Waals surface area contributed by atoms with Crippen molar-refractivity contribution in [3.8, 4) is 0 Å². The van der Waals surface area contributed by atoms with Gasteiger partial charge in [0.2, 0.25) is 0 Å². The molecule has 7 heteroatoms. The van der Waals surface area contributed by atoms with Gasteiger partial charge in [-0.3, -0.25) is 14.5 Å². The van der Waals surface area contributed by atoms with Gasteiger partial charge in [0.1, 0.15) is 5.82 Å². The summed E-state index contributed by atoms with van der Waals surface area (Å²) in [6.45, 7) is 3.71. The predicted molar refractivity (Wildman–Crippen MR) is 87.9 cm³/mol. The molecule has 1 saturated heterocycles. The molecule has 1 amide bonds. The van der Waals surface area contributed by atoms with Crippen molar-refractivity contribution in [3.05, 3.63) is 34.1 Å². The maximum Gasteiger partial charge on any atom is 0.317 e. The second-order valence-electron chi connectivity index (χ2n) is 5.60. The summed E-state index contributed by atoms with van der Waals surface area (Å²) in [5.74, 6) is -1.48. The average Bonchev–Trinajstić information content (AvgIpc) is 2.54. The third-order valence-corrected chi connectivity index (χ3v) is 4.86. The molecule has 0 bridgehead atoms. The highest BCUT2D eigenvalue weighted by atomic mass is 79.9. The number of piperidine rings is 1. The second-order valence-corrected chi connectivity index (χ2v) is 6.46. The summed E-state index contributed by atoms with van der Waals surface area (Å²) in [5, 5.41) is 8.94. The van der Waals surface area contributed by atoms with Crippen molar-refractivity contribution in [2.45, 2.75) is 25.8 Å². The van der Waals surface area contributed by atoms with Gasteiger partial charge in [-0.1, -0.05) is 6.92 Å². The minimum Gasteiger partial charge on any atom is -0.480 e. The lowest BCUT2D eigenvalue weighted by atomic mass is 10.0. The van der Waals surface area contributed by atoms with Gasteiger partial charge in [0, 0.05) is 23.6 Å². The molecule has 5 nitrogen and oxygen atoms in total. The number of aliphatic carboxylic acids is 1. The van der Waals surface area contributed by atoms with E-state index in [9.17, 15) is 14.0 Å².